The molecule has 0 N–H and O–H groups in total. The molecule has 0 saturated heterocycles. The molecule has 17 heavy (non-hydrogen) atoms. The van der Waals surface area contributed by atoms with Gasteiger partial charge in [0.1, 0.15) is 0 Å². The molecule has 1 rings (SSSR count). The normalized spacial score (nSPS) is 11.6. The van der Waals surface area contributed by atoms with Crippen LogP contribution in [0.1, 0.15) is 16.7 Å². The molecule has 91 valence electrons. The van der Waals surface area contributed by atoms with Crippen molar-refractivity contribution in [2.24, 2.45) is 0 Å². The predicted molar refractivity (Wildman–Crippen MR) is 40.0 cm³/mol. The second kappa shape index (κ2) is 5.51. The summed E-state index contributed by atoms with van der Waals surface area (Å²) >= 11 is 0. The number of rotatable bonds is 0. The van der Waals surface area contributed by atoms with E-state index in [0.29, 0.717) is 6.07 Å². The summed E-state index contributed by atoms with van der Waals surface area (Å²) in [6.07, 6.45) is -9.90. The number of hydrogen-bond acceptors (Lipinski definition) is 1. The van der Waals surface area contributed by atoms with Crippen molar-refractivity contribution in [2.45, 2.75) is 12.4 Å². The second-order valence-electron chi connectivity index (χ2n) is 2.80. The van der Waals surface area contributed by atoms with Crippen molar-refractivity contribution in [3.8, 4) is 6.07 Å². The summed E-state index contributed by atoms with van der Waals surface area (Å²) in [6.45, 7) is 0. The molecule has 0 atom stereocenters. The maximum Gasteiger partial charge on any atom is 0.399 e. The summed E-state index contributed by atoms with van der Waals surface area (Å²) < 4.78 is 73.0. The summed E-state index contributed by atoms with van der Waals surface area (Å²) in [6, 6.07) is 2.99. The van der Waals surface area contributed by atoms with Gasteiger partial charge in [0, 0.05) is 40.4 Å². The minimum Gasteiger partial charge on any atom is -0.262 e. The van der Waals surface area contributed by atoms with Crippen LogP contribution in [-0.2, 0) is 12.4 Å². The Kier molecular flexibility index (Phi) is 5.39. The maximum absolute atomic E-state index is 12.2. The summed E-state index contributed by atoms with van der Waals surface area (Å²) in [5.41, 5.74) is -3.93. The fourth-order valence-corrected chi connectivity index (χ4v) is 0.947. The molecule has 8 heteroatoms. The molecule has 0 aliphatic carbocycles. The zero-order chi connectivity index (χ0) is 12.6. The van der Waals surface area contributed by atoms with E-state index in [9.17, 15) is 26.3 Å². The summed E-state index contributed by atoms with van der Waals surface area (Å²) in [7, 11) is 0. The van der Waals surface area contributed by atoms with Gasteiger partial charge in [0.15, 0.2) is 0 Å². The number of halogens is 6. The standard InChI is InChI=1S/C9H2F6N.Pm/c10-8(11,12)6-1-5(4-16)2-7(3-6)9(13,14)15;/h1,3H;/q-1;. The minimum atomic E-state index is -4.97. The van der Waals surface area contributed by atoms with Gasteiger partial charge in [0.25, 0.3) is 0 Å². The van der Waals surface area contributed by atoms with Gasteiger partial charge in [0.2, 0.25) is 0 Å². The van der Waals surface area contributed by atoms with E-state index in [1.54, 1.807) is 6.07 Å². The fourth-order valence-electron chi connectivity index (χ4n) is 0.947. The second-order valence-corrected chi connectivity index (χ2v) is 2.80. The third-order valence-electron chi connectivity index (χ3n) is 1.62. The van der Waals surface area contributed by atoms with Gasteiger partial charge in [-0.05, 0) is 17.2 Å². The number of benzene rings is 1. The Bertz CT molecular complexity index is 410. The molecule has 0 spiro atoms. The Balaban J connectivity index is 0.00000256. The van der Waals surface area contributed by atoms with Crippen molar-refractivity contribution in [3.05, 3.63) is 34.9 Å². The Morgan fingerprint density at radius 2 is 1.53 bits per heavy atom. The van der Waals surface area contributed by atoms with Crippen LogP contribution in [0.3, 0.4) is 0 Å². The first-order chi connectivity index (χ1) is 7.14. The molecule has 0 saturated carbocycles. The van der Waals surface area contributed by atoms with Gasteiger partial charge < -0.3 is 0 Å². The molecule has 1 nitrogen and oxygen atoms in total. The van der Waals surface area contributed by atoms with Crippen LogP contribution in [0, 0.1) is 57.8 Å². The molecule has 0 amide bonds. The van der Waals surface area contributed by atoms with E-state index in [-0.39, 0.29) is 46.5 Å². The van der Waals surface area contributed by atoms with Crippen LogP contribution >= 0.6 is 0 Å². The number of nitrogens with zero attached hydrogens (tertiary/aromatic N) is 1. The van der Waals surface area contributed by atoms with E-state index in [4.69, 9.17) is 5.26 Å². The Morgan fingerprint density at radius 1 is 1.00 bits per heavy atom. The van der Waals surface area contributed by atoms with E-state index in [1.165, 1.54) is 6.07 Å². The van der Waals surface area contributed by atoms with E-state index < -0.39 is 29.0 Å². The molecular formula is C9H2F6NPm-. The van der Waals surface area contributed by atoms with E-state index >= 15 is 0 Å². The van der Waals surface area contributed by atoms with Gasteiger partial charge in [-0.15, -0.1) is 18.2 Å². The summed E-state index contributed by atoms with van der Waals surface area (Å²) in [4.78, 5) is 0. The van der Waals surface area contributed by atoms with Crippen LogP contribution in [0.5, 0.6) is 0 Å². The molecule has 1 aromatic rings. The summed E-state index contributed by atoms with van der Waals surface area (Å²) in [5.74, 6) is 0. The van der Waals surface area contributed by atoms with Crippen molar-refractivity contribution >= 4 is 0 Å². The topological polar surface area (TPSA) is 23.8 Å². The van der Waals surface area contributed by atoms with Crippen molar-refractivity contribution in [2.75, 3.05) is 0 Å². The third-order valence-corrected chi connectivity index (χ3v) is 1.62. The molecule has 0 bridgehead atoms. The quantitative estimate of drug-likeness (QED) is 0.498. The zero-order valence-corrected chi connectivity index (χ0v) is 10.7. The molecular weight excluding hydrogens is 381 g/mol. The van der Waals surface area contributed by atoms with Crippen LogP contribution in [0.15, 0.2) is 12.1 Å². The monoisotopic (exact) mass is 383 g/mol. The van der Waals surface area contributed by atoms with Crippen molar-refractivity contribution in [1.29, 1.82) is 5.26 Å². The first-order valence-corrected chi connectivity index (χ1v) is 3.76. The first kappa shape index (κ1) is 16.6. The van der Waals surface area contributed by atoms with E-state index in [2.05, 4.69) is 0 Å². The van der Waals surface area contributed by atoms with Gasteiger partial charge in [-0.2, -0.15) is 26.3 Å². The SMILES string of the molecule is N#Cc1[c-]c(C(F)(F)F)cc(C(F)(F)F)c1.[Pm]. The van der Waals surface area contributed by atoms with Crippen LogP contribution < -0.4 is 0 Å². The van der Waals surface area contributed by atoms with Gasteiger partial charge in [-0.25, -0.2) is 0 Å². The van der Waals surface area contributed by atoms with E-state index in [0.717, 1.165) is 0 Å². The van der Waals surface area contributed by atoms with Gasteiger partial charge in [-0.1, -0.05) is 5.56 Å². The third kappa shape index (κ3) is 4.42. The molecule has 0 aliphatic rings. The van der Waals surface area contributed by atoms with Crippen molar-refractivity contribution in [3.63, 3.8) is 0 Å². The van der Waals surface area contributed by atoms with Crippen molar-refractivity contribution in [1.82, 2.24) is 0 Å². The minimum absolute atomic E-state index is 0. The smallest absolute Gasteiger partial charge is 0.262 e. The molecule has 0 heterocycles. The van der Waals surface area contributed by atoms with Crippen LogP contribution in [0.25, 0.3) is 0 Å². The maximum atomic E-state index is 12.2. The summed E-state index contributed by atoms with van der Waals surface area (Å²) in [5, 5.41) is 8.30. The van der Waals surface area contributed by atoms with E-state index in [1.807, 2.05) is 0 Å². The Hall–Kier alpha value is -0.372. The average molecular weight is 383 g/mol. The van der Waals surface area contributed by atoms with Crippen LogP contribution in [0.2, 0.25) is 0 Å². The molecule has 0 fully saturated rings. The molecule has 0 aliphatic heterocycles. The first-order valence-electron chi connectivity index (χ1n) is 3.76. The van der Waals surface area contributed by atoms with Gasteiger partial charge in [0.05, 0.1) is 0 Å². The predicted octanol–water partition coefficient (Wildman–Crippen LogP) is 3.40. The zero-order valence-electron chi connectivity index (χ0n) is 7.82. The van der Waals surface area contributed by atoms with Crippen LogP contribution in [-0.4, -0.2) is 0 Å². The Morgan fingerprint density at radius 3 is 1.88 bits per heavy atom. The number of alkyl halides is 6. The molecule has 0 unspecified atom stereocenters. The molecule has 0 aromatic heterocycles. The number of nitriles is 1. The Labute approximate surface area is 125 Å². The van der Waals surface area contributed by atoms with Crippen molar-refractivity contribution < 1.29 is 66.7 Å². The molecule has 1 radical (unpaired) electrons. The average Bonchev–Trinajstić information content (AvgIpc) is 2.14. The largest absolute Gasteiger partial charge is 0.399 e. The molecule has 1 aromatic carbocycles. The fraction of sp³-hybridized carbons (Fsp3) is 0.222. The van der Waals surface area contributed by atoms with Gasteiger partial charge >= 0.3 is 12.4 Å². The van der Waals surface area contributed by atoms with Gasteiger partial charge in [-0.3, -0.25) is 5.26 Å². The van der Waals surface area contributed by atoms with Crippen LogP contribution in [0.4, 0.5) is 26.3 Å². The number of hydrogen-bond donors (Lipinski definition) is 0.